The Balaban J connectivity index is 0.962. The lowest BCUT2D eigenvalue weighted by Crippen LogP contribution is -2.26. The third-order valence-electron chi connectivity index (χ3n) is 13.1. The van der Waals surface area contributed by atoms with Gasteiger partial charge in [0.05, 0.1) is 5.41 Å². The van der Waals surface area contributed by atoms with Crippen LogP contribution < -0.4 is 0 Å². The third kappa shape index (κ3) is 5.01. The Bertz CT molecular complexity index is 3460. The molecule has 0 N–H and O–H groups in total. The molecule has 10 aromatic carbocycles. The Kier molecular flexibility index (Phi) is 7.22. The zero-order chi connectivity index (χ0) is 40.1. The van der Waals surface area contributed by atoms with Crippen LogP contribution in [0.15, 0.2) is 212 Å². The van der Waals surface area contributed by atoms with Gasteiger partial charge in [0.2, 0.25) is 0 Å². The Labute approximate surface area is 353 Å². The first kappa shape index (κ1) is 33.9. The van der Waals surface area contributed by atoms with Crippen LogP contribution in [0, 0.1) is 0 Å². The van der Waals surface area contributed by atoms with Crippen molar-refractivity contribution in [2.45, 2.75) is 5.41 Å². The number of hydrogen-bond acceptors (Lipinski definition) is 3. The van der Waals surface area contributed by atoms with Crippen molar-refractivity contribution in [1.29, 1.82) is 0 Å². The zero-order valence-electron chi connectivity index (χ0n) is 33.0. The maximum atomic E-state index is 5.15. The summed E-state index contributed by atoms with van der Waals surface area (Å²) in [6.45, 7) is 0. The molecule has 0 amide bonds. The van der Waals surface area contributed by atoms with Crippen LogP contribution in [0.5, 0.6) is 0 Å². The van der Waals surface area contributed by atoms with Crippen LogP contribution in [0.1, 0.15) is 22.3 Å². The molecule has 13 rings (SSSR count). The maximum Gasteiger partial charge on any atom is 0.164 e. The molecular formula is C58H35N3. The molecule has 3 nitrogen and oxygen atoms in total. The molecule has 61 heavy (non-hydrogen) atoms. The highest BCUT2D eigenvalue weighted by atomic mass is 15.0. The second-order valence-electron chi connectivity index (χ2n) is 16.3. The molecule has 3 heteroatoms. The van der Waals surface area contributed by atoms with Crippen LogP contribution in [0.3, 0.4) is 0 Å². The first-order chi connectivity index (χ1) is 30.2. The SMILES string of the molecule is c1ccc2c(c1)-c1ccccc1C21c2ccccc2-c2cccc(-c3ccc4cc(-c5nc(-c6ccc7ccccc7c6)nc(-c6ccc7ccccc7c6)n5)ccc4c3)c21. The number of hydrogen-bond donors (Lipinski definition) is 0. The molecule has 282 valence electrons. The third-order valence-corrected chi connectivity index (χ3v) is 13.1. The molecule has 0 fully saturated rings. The van der Waals surface area contributed by atoms with E-state index in [-0.39, 0.29) is 0 Å². The minimum Gasteiger partial charge on any atom is -0.208 e. The molecule has 0 atom stereocenters. The van der Waals surface area contributed by atoms with Gasteiger partial charge in [-0.05, 0) is 112 Å². The molecule has 0 unspecified atom stereocenters. The van der Waals surface area contributed by atoms with E-state index in [0.29, 0.717) is 17.5 Å². The fourth-order valence-corrected chi connectivity index (χ4v) is 10.4. The molecule has 2 aliphatic rings. The van der Waals surface area contributed by atoms with Crippen molar-refractivity contribution >= 4 is 32.3 Å². The highest BCUT2D eigenvalue weighted by molar-refractivity contribution is 6.00. The highest BCUT2D eigenvalue weighted by Gasteiger charge is 2.52. The van der Waals surface area contributed by atoms with E-state index in [1.54, 1.807) is 0 Å². The molecule has 1 spiro atoms. The van der Waals surface area contributed by atoms with Gasteiger partial charge in [0.25, 0.3) is 0 Å². The molecule has 0 aliphatic heterocycles. The minimum absolute atomic E-state index is 0.418. The summed E-state index contributed by atoms with van der Waals surface area (Å²) in [5.74, 6) is 1.95. The van der Waals surface area contributed by atoms with Crippen molar-refractivity contribution in [3.05, 3.63) is 235 Å². The molecule has 0 radical (unpaired) electrons. The van der Waals surface area contributed by atoms with Gasteiger partial charge in [0.15, 0.2) is 17.5 Å². The smallest absolute Gasteiger partial charge is 0.164 e. The van der Waals surface area contributed by atoms with E-state index >= 15 is 0 Å². The molecular weight excluding hydrogens is 739 g/mol. The summed E-state index contributed by atoms with van der Waals surface area (Å²) in [7, 11) is 0. The topological polar surface area (TPSA) is 38.7 Å². The molecule has 0 bridgehead atoms. The lowest BCUT2D eigenvalue weighted by Gasteiger charge is -2.32. The normalized spacial score (nSPS) is 13.0. The van der Waals surface area contributed by atoms with E-state index in [1.807, 2.05) is 0 Å². The largest absolute Gasteiger partial charge is 0.208 e. The van der Waals surface area contributed by atoms with Crippen molar-refractivity contribution in [3.8, 4) is 67.5 Å². The van der Waals surface area contributed by atoms with Gasteiger partial charge in [-0.15, -0.1) is 0 Å². The van der Waals surface area contributed by atoms with Crippen molar-refractivity contribution in [2.75, 3.05) is 0 Å². The van der Waals surface area contributed by atoms with Gasteiger partial charge in [0.1, 0.15) is 0 Å². The van der Waals surface area contributed by atoms with E-state index in [9.17, 15) is 0 Å². The van der Waals surface area contributed by atoms with E-state index in [2.05, 4.69) is 212 Å². The lowest BCUT2D eigenvalue weighted by atomic mass is 9.68. The lowest BCUT2D eigenvalue weighted by molar-refractivity contribution is 0.796. The average Bonchev–Trinajstić information content (AvgIpc) is 3.81. The fraction of sp³-hybridized carbons (Fsp3) is 0.0172. The predicted molar refractivity (Wildman–Crippen MR) is 250 cm³/mol. The zero-order valence-corrected chi connectivity index (χ0v) is 33.0. The van der Waals surface area contributed by atoms with Gasteiger partial charge in [0, 0.05) is 16.7 Å². The van der Waals surface area contributed by atoms with Gasteiger partial charge in [-0.1, -0.05) is 188 Å². The van der Waals surface area contributed by atoms with Gasteiger partial charge in [-0.25, -0.2) is 15.0 Å². The predicted octanol–water partition coefficient (Wildman–Crippen LogP) is 14.3. The van der Waals surface area contributed by atoms with Crippen molar-refractivity contribution < 1.29 is 0 Å². The number of nitrogens with zero attached hydrogens (tertiary/aromatic N) is 3. The average molecular weight is 774 g/mol. The molecule has 2 aliphatic carbocycles. The van der Waals surface area contributed by atoms with Crippen molar-refractivity contribution in [2.24, 2.45) is 0 Å². The summed E-state index contributed by atoms with van der Waals surface area (Å²) in [6, 6.07) is 77.1. The van der Waals surface area contributed by atoms with Gasteiger partial charge in [-0.2, -0.15) is 0 Å². The number of rotatable bonds is 4. The first-order valence-corrected chi connectivity index (χ1v) is 20.9. The molecule has 1 aromatic heterocycles. The Morgan fingerprint density at radius 1 is 0.246 bits per heavy atom. The van der Waals surface area contributed by atoms with Crippen LogP contribution in [0.25, 0.3) is 99.9 Å². The summed E-state index contributed by atoms with van der Waals surface area (Å²) in [5, 5.41) is 6.95. The number of benzene rings is 10. The van der Waals surface area contributed by atoms with Crippen LogP contribution in [-0.2, 0) is 5.41 Å². The fourth-order valence-electron chi connectivity index (χ4n) is 10.4. The van der Waals surface area contributed by atoms with Gasteiger partial charge >= 0.3 is 0 Å². The summed E-state index contributed by atoms with van der Waals surface area (Å²) in [4.78, 5) is 15.4. The van der Waals surface area contributed by atoms with Crippen molar-refractivity contribution in [3.63, 3.8) is 0 Å². The van der Waals surface area contributed by atoms with Gasteiger partial charge < -0.3 is 0 Å². The Hall–Kier alpha value is -8.01. The molecule has 1 heterocycles. The van der Waals surface area contributed by atoms with E-state index in [1.165, 1.54) is 66.4 Å². The highest BCUT2D eigenvalue weighted by Crippen LogP contribution is 2.64. The summed E-state index contributed by atoms with van der Waals surface area (Å²) < 4.78 is 0. The van der Waals surface area contributed by atoms with Crippen LogP contribution in [0.4, 0.5) is 0 Å². The summed E-state index contributed by atoms with van der Waals surface area (Å²) in [6.07, 6.45) is 0. The quantitative estimate of drug-likeness (QED) is 0.179. The monoisotopic (exact) mass is 773 g/mol. The van der Waals surface area contributed by atoms with Gasteiger partial charge in [-0.3, -0.25) is 0 Å². The van der Waals surface area contributed by atoms with Crippen LogP contribution in [0.2, 0.25) is 0 Å². The van der Waals surface area contributed by atoms with E-state index < -0.39 is 5.41 Å². The number of fused-ring (bicyclic) bond motifs is 13. The standard InChI is InChI=1S/C58H35N3/c1-3-14-38-33-43(29-24-36(38)12-1)55-59-56(44-30-25-37-13-2-4-15-39(37)34-44)61-57(60-55)45-31-27-40-32-42(28-26-41(40)35-45)46-19-11-20-50-49-18-7-10-23-53(49)58(54(46)50)51-21-8-5-16-47(51)48-17-6-9-22-52(48)58/h1-35H. The molecule has 11 aromatic rings. The molecule has 0 saturated carbocycles. The van der Waals surface area contributed by atoms with Crippen LogP contribution in [-0.4, -0.2) is 15.0 Å². The van der Waals surface area contributed by atoms with Crippen molar-refractivity contribution in [1.82, 2.24) is 15.0 Å². The summed E-state index contributed by atoms with van der Waals surface area (Å²) >= 11 is 0. The minimum atomic E-state index is -0.418. The van der Waals surface area contributed by atoms with E-state index in [0.717, 1.165) is 38.2 Å². The van der Waals surface area contributed by atoms with Crippen LogP contribution >= 0.6 is 0 Å². The maximum absolute atomic E-state index is 5.15. The molecule has 0 saturated heterocycles. The Morgan fingerprint density at radius 3 is 1.07 bits per heavy atom. The number of aromatic nitrogens is 3. The second-order valence-corrected chi connectivity index (χ2v) is 16.3. The summed E-state index contributed by atoms with van der Waals surface area (Å²) in [5.41, 5.74) is 15.5. The van der Waals surface area contributed by atoms with E-state index in [4.69, 9.17) is 15.0 Å². The second kappa shape index (κ2) is 13.0. The Morgan fingerprint density at radius 2 is 0.574 bits per heavy atom. The first-order valence-electron chi connectivity index (χ1n) is 20.9.